The second kappa shape index (κ2) is 9.75. The molecule has 22 heavy (non-hydrogen) atoms. The number of hydrogen-bond acceptors (Lipinski definition) is 3. The Kier molecular flexibility index (Phi) is 8.36. The summed E-state index contributed by atoms with van der Waals surface area (Å²) in [5, 5.41) is 0. The van der Waals surface area contributed by atoms with Crippen LogP contribution in [0.4, 0.5) is 0 Å². The zero-order valence-electron chi connectivity index (χ0n) is 13.7. The number of thioether (sulfide) groups is 1. The summed E-state index contributed by atoms with van der Waals surface area (Å²) in [4.78, 5) is 13.3. The molecule has 0 aliphatic heterocycles. The maximum Gasteiger partial charge on any atom is 0.133 e. The molecule has 2 aromatic carbocycles. The van der Waals surface area contributed by atoms with Crippen LogP contribution in [0.1, 0.15) is 25.0 Å². The summed E-state index contributed by atoms with van der Waals surface area (Å²) < 4.78 is 0. The lowest BCUT2D eigenvalue weighted by Crippen LogP contribution is -2.08. The molecule has 1 unspecified atom stereocenters. The van der Waals surface area contributed by atoms with E-state index in [1.807, 2.05) is 31.2 Å². The van der Waals surface area contributed by atoms with Crippen molar-refractivity contribution in [3.05, 3.63) is 59.7 Å². The highest BCUT2D eigenvalue weighted by Crippen LogP contribution is 2.21. The summed E-state index contributed by atoms with van der Waals surface area (Å²) in [5.41, 5.74) is 2.55. The Morgan fingerprint density at radius 1 is 1.00 bits per heavy atom. The fraction of sp³-hybridized carbons (Fsp3) is 0.316. The molecule has 0 aliphatic carbocycles. The highest BCUT2D eigenvalue weighted by molar-refractivity contribution is 7.99. The lowest BCUT2D eigenvalue weighted by atomic mass is 10.1. The molecule has 1 atom stereocenters. The van der Waals surface area contributed by atoms with Crippen LogP contribution in [0.5, 0.6) is 0 Å². The van der Waals surface area contributed by atoms with Crippen molar-refractivity contribution >= 4 is 30.2 Å². The van der Waals surface area contributed by atoms with Gasteiger partial charge in [0, 0.05) is 21.5 Å². The second-order valence-corrected chi connectivity index (χ2v) is 7.08. The first-order valence-corrected chi connectivity index (χ1v) is 8.77. The molecule has 0 bridgehead atoms. The maximum absolute atomic E-state index is 11.0. The van der Waals surface area contributed by atoms with Crippen LogP contribution < -0.4 is 0 Å². The van der Waals surface area contributed by atoms with Crippen LogP contribution in [0.15, 0.2) is 58.3 Å². The number of carbonyl (C=O) groups is 1. The van der Waals surface area contributed by atoms with Gasteiger partial charge in [0.05, 0.1) is 0 Å². The van der Waals surface area contributed by atoms with E-state index in [1.54, 1.807) is 18.7 Å². The fourth-order valence-electron chi connectivity index (χ4n) is 1.52. The Morgan fingerprint density at radius 3 is 1.86 bits per heavy atom. The minimum Gasteiger partial charge on any atom is -0.300 e. The van der Waals surface area contributed by atoms with Crippen LogP contribution in [0, 0.1) is 19.8 Å². The second-order valence-electron chi connectivity index (χ2n) is 5.47. The molecule has 0 saturated heterocycles. The molecular formula is C19H24OS2. The van der Waals surface area contributed by atoms with Crippen molar-refractivity contribution in [2.75, 3.05) is 5.75 Å². The minimum absolute atomic E-state index is 0.154. The summed E-state index contributed by atoms with van der Waals surface area (Å²) in [6.45, 7) is 7.77. The molecule has 0 heterocycles. The zero-order chi connectivity index (χ0) is 16.5. The quantitative estimate of drug-likeness (QED) is 0.580. The summed E-state index contributed by atoms with van der Waals surface area (Å²) in [7, 11) is 0. The van der Waals surface area contributed by atoms with Crippen molar-refractivity contribution in [1.82, 2.24) is 0 Å². The van der Waals surface area contributed by atoms with Gasteiger partial charge in [-0.25, -0.2) is 0 Å². The van der Waals surface area contributed by atoms with E-state index in [4.69, 9.17) is 0 Å². The van der Waals surface area contributed by atoms with Gasteiger partial charge in [-0.05, 0) is 45.0 Å². The molecule has 0 aromatic heterocycles. The third-order valence-electron chi connectivity index (χ3n) is 3.25. The van der Waals surface area contributed by atoms with Crippen molar-refractivity contribution in [3.63, 3.8) is 0 Å². The monoisotopic (exact) mass is 332 g/mol. The van der Waals surface area contributed by atoms with Crippen molar-refractivity contribution in [2.24, 2.45) is 5.92 Å². The maximum atomic E-state index is 11.0. The number of hydrogen-bond donors (Lipinski definition) is 1. The highest BCUT2D eigenvalue weighted by Gasteiger charge is 2.07. The van der Waals surface area contributed by atoms with Gasteiger partial charge in [0.2, 0.25) is 0 Å². The largest absolute Gasteiger partial charge is 0.300 e. The fourth-order valence-corrected chi connectivity index (χ4v) is 2.67. The highest BCUT2D eigenvalue weighted by atomic mass is 32.2. The number of ketones is 1. The molecular weight excluding hydrogens is 308 g/mol. The van der Waals surface area contributed by atoms with Crippen LogP contribution in [-0.4, -0.2) is 11.5 Å². The number of Topliss-reactive ketones (excluding diaryl/α,β-unsaturated/α-hetero) is 1. The zero-order valence-corrected chi connectivity index (χ0v) is 15.4. The van der Waals surface area contributed by atoms with Crippen LogP contribution in [0.25, 0.3) is 0 Å². The number of benzene rings is 2. The Bertz CT molecular complexity index is 552. The van der Waals surface area contributed by atoms with Gasteiger partial charge in [0.15, 0.2) is 0 Å². The van der Waals surface area contributed by atoms with E-state index >= 15 is 0 Å². The van der Waals surface area contributed by atoms with Gasteiger partial charge in [-0.2, -0.15) is 0 Å². The average Bonchev–Trinajstić information content (AvgIpc) is 2.50. The minimum atomic E-state index is 0.154. The number of rotatable bonds is 4. The molecule has 3 heteroatoms. The van der Waals surface area contributed by atoms with Crippen molar-refractivity contribution in [2.45, 2.75) is 37.5 Å². The van der Waals surface area contributed by atoms with Crippen LogP contribution in [0.2, 0.25) is 0 Å². The van der Waals surface area contributed by atoms with E-state index in [0.29, 0.717) is 0 Å². The number of aryl methyl sites for hydroxylation is 2. The Balaban J connectivity index is 0.000000255. The third kappa shape index (κ3) is 7.71. The molecule has 0 spiro atoms. The van der Waals surface area contributed by atoms with Gasteiger partial charge in [-0.3, -0.25) is 4.79 Å². The lowest BCUT2D eigenvalue weighted by molar-refractivity contribution is -0.119. The summed E-state index contributed by atoms with van der Waals surface area (Å²) in [6, 6.07) is 16.5. The molecule has 118 valence electrons. The van der Waals surface area contributed by atoms with E-state index in [2.05, 4.69) is 50.7 Å². The van der Waals surface area contributed by atoms with E-state index in [0.717, 1.165) is 10.6 Å². The molecule has 0 amide bonds. The van der Waals surface area contributed by atoms with Gasteiger partial charge in [0.1, 0.15) is 5.78 Å². The first-order valence-electron chi connectivity index (χ1n) is 7.34. The van der Waals surface area contributed by atoms with Gasteiger partial charge in [-0.15, -0.1) is 24.4 Å². The normalized spacial score (nSPS) is 11.3. The molecule has 2 rings (SSSR count). The first-order chi connectivity index (χ1) is 10.4. The van der Waals surface area contributed by atoms with Gasteiger partial charge in [-0.1, -0.05) is 42.3 Å². The topological polar surface area (TPSA) is 17.1 Å². The van der Waals surface area contributed by atoms with Crippen molar-refractivity contribution in [3.8, 4) is 0 Å². The summed E-state index contributed by atoms with van der Waals surface area (Å²) in [6.07, 6.45) is 0. The Hall–Kier alpha value is -1.19. The molecule has 2 aromatic rings. The first kappa shape index (κ1) is 18.9. The van der Waals surface area contributed by atoms with Gasteiger partial charge >= 0.3 is 0 Å². The van der Waals surface area contributed by atoms with E-state index in [9.17, 15) is 4.79 Å². The standard InChI is InChI=1S/C12H16OS.C7H8S/c1-9-4-6-12(7-5-9)14-8-10(2)11(3)13;1-6-2-4-7(8)5-3-6/h4-7,10H,8H2,1-3H3;2-5,8H,1H3. The Morgan fingerprint density at radius 2 is 1.45 bits per heavy atom. The van der Waals surface area contributed by atoms with E-state index in [-0.39, 0.29) is 11.7 Å². The molecule has 1 nitrogen and oxygen atoms in total. The van der Waals surface area contributed by atoms with Crippen LogP contribution in [0.3, 0.4) is 0 Å². The van der Waals surface area contributed by atoms with Crippen molar-refractivity contribution < 1.29 is 4.79 Å². The predicted molar refractivity (Wildman–Crippen MR) is 100 cm³/mol. The smallest absolute Gasteiger partial charge is 0.133 e. The summed E-state index contributed by atoms with van der Waals surface area (Å²) >= 11 is 5.88. The SMILES string of the molecule is CC(=O)C(C)CSc1ccc(C)cc1.Cc1ccc(S)cc1. The van der Waals surface area contributed by atoms with Gasteiger partial charge < -0.3 is 0 Å². The van der Waals surface area contributed by atoms with Crippen molar-refractivity contribution in [1.29, 1.82) is 0 Å². The molecule has 0 N–H and O–H groups in total. The average molecular weight is 333 g/mol. The number of carbonyl (C=O) groups excluding carboxylic acids is 1. The third-order valence-corrected chi connectivity index (χ3v) is 4.82. The number of thiol groups is 1. The van der Waals surface area contributed by atoms with Gasteiger partial charge in [0.25, 0.3) is 0 Å². The molecule has 0 saturated carbocycles. The predicted octanol–water partition coefficient (Wildman–Crippen LogP) is 5.60. The van der Waals surface area contributed by atoms with E-state index in [1.165, 1.54) is 16.0 Å². The Labute approximate surface area is 143 Å². The molecule has 0 aliphatic rings. The molecule has 0 fully saturated rings. The lowest BCUT2D eigenvalue weighted by Gasteiger charge is -2.06. The molecule has 0 radical (unpaired) electrons. The van der Waals surface area contributed by atoms with Crippen LogP contribution in [-0.2, 0) is 4.79 Å². The van der Waals surface area contributed by atoms with Crippen LogP contribution >= 0.6 is 24.4 Å². The summed E-state index contributed by atoms with van der Waals surface area (Å²) in [5.74, 6) is 1.30. The van der Waals surface area contributed by atoms with E-state index < -0.39 is 0 Å².